The predicted octanol–water partition coefficient (Wildman–Crippen LogP) is 4.25. The second-order valence-corrected chi connectivity index (χ2v) is 8.16. The number of aromatic nitrogens is 2. The van der Waals surface area contributed by atoms with Crippen molar-refractivity contribution in [1.82, 2.24) is 19.8 Å². The second-order valence-electron chi connectivity index (χ2n) is 8.16. The molecule has 3 heterocycles. The van der Waals surface area contributed by atoms with Gasteiger partial charge in [-0.1, -0.05) is 12.1 Å². The number of nitrogens with one attached hydrogen (secondary N) is 2. The molecular weight excluding hydrogens is 404 g/mol. The molecule has 2 unspecified atom stereocenters. The third kappa shape index (κ3) is 4.92. The standard InChI is InChI=1S/C24H30N6O2/c1-29(2)19(21-11-7-13-31-21)15-25-23-17-9-5-6-10-18(17)27-24(28-23)26-16-20(30(3)4)22-12-8-14-32-22/h5-14,19-20H,15-16H2,1-4H3,(H2,25,26,27,28). The van der Waals surface area contributed by atoms with Crippen molar-refractivity contribution < 1.29 is 8.83 Å². The highest BCUT2D eigenvalue weighted by Gasteiger charge is 2.19. The van der Waals surface area contributed by atoms with Crippen LogP contribution < -0.4 is 10.6 Å². The molecule has 4 aromatic rings. The van der Waals surface area contributed by atoms with Crippen molar-refractivity contribution in [3.63, 3.8) is 0 Å². The minimum absolute atomic E-state index is 0.0635. The smallest absolute Gasteiger partial charge is 0.225 e. The second kappa shape index (κ2) is 9.84. The molecule has 0 saturated carbocycles. The largest absolute Gasteiger partial charge is 0.468 e. The zero-order valence-electron chi connectivity index (χ0n) is 18.9. The van der Waals surface area contributed by atoms with E-state index in [9.17, 15) is 0 Å². The molecule has 2 N–H and O–H groups in total. The third-order valence-corrected chi connectivity index (χ3v) is 5.51. The zero-order valence-corrected chi connectivity index (χ0v) is 18.9. The van der Waals surface area contributed by atoms with Crippen LogP contribution in [-0.4, -0.2) is 61.0 Å². The summed E-state index contributed by atoms with van der Waals surface area (Å²) in [7, 11) is 8.13. The molecule has 4 rings (SSSR count). The summed E-state index contributed by atoms with van der Waals surface area (Å²) in [6, 6.07) is 15.9. The molecule has 0 aliphatic rings. The maximum Gasteiger partial charge on any atom is 0.225 e. The number of fused-ring (bicyclic) bond motifs is 1. The summed E-state index contributed by atoms with van der Waals surface area (Å²) < 4.78 is 11.3. The minimum atomic E-state index is 0.0635. The van der Waals surface area contributed by atoms with Gasteiger partial charge in [-0.25, -0.2) is 4.98 Å². The molecule has 0 spiro atoms. The molecule has 1 aromatic carbocycles. The van der Waals surface area contributed by atoms with Crippen LogP contribution in [-0.2, 0) is 0 Å². The van der Waals surface area contributed by atoms with Gasteiger partial charge in [0, 0.05) is 18.5 Å². The molecule has 0 aliphatic carbocycles. The zero-order chi connectivity index (χ0) is 22.5. The van der Waals surface area contributed by atoms with Gasteiger partial charge in [0.15, 0.2) is 0 Å². The Hall–Kier alpha value is -3.36. The first-order valence-corrected chi connectivity index (χ1v) is 10.7. The van der Waals surface area contributed by atoms with E-state index in [2.05, 4.69) is 20.4 Å². The van der Waals surface area contributed by atoms with Crippen LogP contribution in [0.2, 0.25) is 0 Å². The van der Waals surface area contributed by atoms with Crippen LogP contribution in [0.25, 0.3) is 10.9 Å². The number of benzene rings is 1. The Labute approximate surface area is 188 Å². The summed E-state index contributed by atoms with van der Waals surface area (Å²) >= 11 is 0. The molecule has 0 bridgehead atoms. The van der Waals surface area contributed by atoms with Crippen LogP contribution in [0.5, 0.6) is 0 Å². The van der Waals surface area contributed by atoms with Gasteiger partial charge >= 0.3 is 0 Å². The number of para-hydroxylation sites is 1. The summed E-state index contributed by atoms with van der Waals surface area (Å²) in [4.78, 5) is 13.7. The number of hydrogen-bond donors (Lipinski definition) is 2. The van der Waals surface area contributed by atoms with Crippen LogP contribution in [0.3, 0.4) is 0 Å². The molecule has 0 radical (unpaired) electrons. The third-order valence-electron chi connectivity index (χ3n) is 5.51. The van der Waals surface area contributed by atoms with Gasteiger partial charge in [-0.3, -0.25) is 9.80 Å². The topological polar surface area (TPSA) is 82.6 Å². The van der Waals surface area contributed by atoms with Gasteiger partial charge in [0.2, 0.25) is 5.95 Å². The van der Waals surface area contributed by atoms with Crippen molar-refractivity contribution >= 4 is 22.7 Å². The average molecular weight is 435 g/mol. The first kappa shape index (κ1) is 21.9. The Morgan fingerprint density at radius 1 is 0.750 bits per heavy atom. The van der Waals surface area contributed by atoms with E-state index in [0.717, 1.165) is 28.2 Å². The summed E-state index contributed by atoms with van der Waals surface area (Å²) in [6.07, 6.45) is 3.40. The fraction of sp³-hybridized carbons (Fsp3) is 0.333. The van der Waals surface area contributed by atoms with Gasteiger partial charge in [0.25, 0.3) is 0 Å². The SMILES string of the molecule is CN(C)C(CNc1nc(NCC(c2ccco2)N(C)C)c2ccccc2n1)c1ccco1. The van der Waals surface area contributed by atoms with Crippen LogP contribution >= 0.6 is 0 Å². The monoisotopic (exact) mass is 434 g/mol. The van der Waals surface area contributed by atoms with Gasteiger partial charge in [-0.05, 0) is 64.6 Å². The molecule has 0 saturated heterocycles. The van der Waals surface area contributed by atoms with Crippen molar-refractivity contribution in [3.8, 4) is 0 Å². The van der Waals surface area contributed by atoms with E-state index in [0.29, 0.717) is 19.0 Å². The van der Waals surface area contributed by atoms with Crippen molar-refractivity contribution in [2.24, 2.45) is 0 Å². The molecule has 8 heteroatoms. The van der Waals surface area contributed by atoms with Crippen LogP contribution in [0.1, 0.15) is 23.6 Å². The highest BCUT2D eigenvalue weighted by Crippen LogP contribution is 2.25. The highest BCUT2D eigenvalue weighted by molar-refractivity contribution is 5.90. The average Bonchev–Trinajstić information content (AvgIpc) is 3.48. The lowest BCUT2D eigenvalue weighted by atomic mass is 10.2. The fourth-order valence-electron chi connectivity index (χ4n) is 3.71. The molecule has 0 fully saturated rings. The lowest BCUT2D eigenvalue weighted by molar-refractivity contribution is 0.269. The Morgan fingerprint density at radius 2 is 1.34 bits per heavy atom. The molecule has 8 nitrogen and oxygen atoms in total. The van der Waals surface area contributed by atoms with Crippen molar-refractivity contribution in [2.75, 3.05) is 51.9 Å². The quantitative estimate of drug-likeness (QED) is 0.383. The normalized spacial score (nSPS) is 13.6. The van der Waals surface area contributed by atoms with Crippen LogP contribution in [0.15, 0.2) is 69.9 Å². The summed E-state index contributed by atoms with van der Waals surface area (Å²) in [5, 5.41) is 7.88. The van der Waals surface area contributed by atoms with E-state index in [-0.39, 0.29) is 12.1 Å². The first-order valence-electron chi connectivity index (χ1n) is 10.7. The summed E-state index contributed by atoms with van der Waals surface area (Å²) in [6.45, 7) is 1.26. The molecule has 0 aliphatic heterocycles. The van der Waals surface area contributed by atoms with E-state index in [4.69, 9.17) is 18.8 Å². The van der Waals surface area contributed by atoms with Crippen molar-refractivity contribution in [2.45, 2.75) is 12.1 Å². The predicted molar refractivity (Wildman–Crippen MR) is 127 cm³/mol. The number of nitrogens with zero attached hydrogens (tertiary/aromatic N) is 4. The van der Waals surface area contributed by atoms with Crippen LogP contribution in [0.4, 0.5) is 11.8 Å². The van der Waals surface area contributed by atoms with E-state index in [1.165, 1.54) is 0 Å². The molecular formula is C24H30N6O2. The minimum Gasteiger partial charge on any atom is -0.468 e. The molecule has 0 amide bonds. The molecule has 2 atom stereocenters. The maximum atomic E-state index is 5.64. The number of rotatable bonds is 10. The lowest BCUT2D eigenvalue weighted by Crippen LogP contribution is -2.28. The first-order chi connectivity index (χ1) is 15.5. The Kier molecular flexibility index (Phi) is 6.72. The number of anilines is 2. The number of likely N-dealkylation sites (N-methyl/N-ethyl adjacent to an activating group) is 2. The van der Waals surface area contributed by atoms with E-state index in [1.807, 2.05) is 76.7 Å². The molecule has 32 heavy (non-hydrogen) atoms. The van der Waals surface area contributed by atoms with E-state index >= 15 is 0 Å². The summed E-state index contributed by atoms with van der Waals surface area (Å²) in [5.41, 5.74) is 0.881. The van der Waals surface area contributed by atoms with Gasteiger partial charge < -0.3 is 19.5 Å². The van der Waals surface area contributed by atoms with E-state index in [1.54, 1.807) is 12.5 Å². The van der Waals surface area contributed by atoms with Gasteiger partial charge in [-0.15, -0.1) is 0 Å². The number of furan rings is 2. The Balaban J connectivity index is 1.56. The van der Waals surface area contributed by atoms with Crippen molar-refractivity contribution in [1.29, 1.82) is 0 Å². The summed E-state index contributed by atoms with van der Waals surface area (Å²) in [5.74, 6) is 3.17. The van der Waals surface area contributed by atoms with Crippen molar-refractivity contribution in [3.05, 3.63) is 72.6 Å². The maximum absolute atomic E-state index is 5.64. The Bertz CT molecular complexity index is 1110. The van der Waals surface area contributed by atoms with Crippen LogP contribution in [0, 0.1) is 0 Å². The van der Waals surface area contributed by atoms with E-state index < -0.39 is 0 Å². The fourth-order valence-corrected chi connectivity index (χ4v) is 3.71. The highest BCUT2D eigenvalue weighted by atomic mass is 16.3. The molecule has 168 valence electrons. The van der Waals surface area contributed by atoms with Gasteiger partial charge in [-0.2, -0.15) is 4.98 Å². The van der Waals surface area contributed by atoms with Gasteiger partial charge in [0.05, 0.1) is 30.1 Å². The Morgan fingerprint density at radius 3 is 1.91 bits per heavy atom. The number of hydrogen-bond acceptors (Lipinski definition) is 8. The lowest BCUT2D eigenvalue weighted by Gasteiger charge is -2.24. The van der Waals surface area contributed by atoms with Gasteiger partial charge in [0.1, 0.15) is 17.3 Å². The molecule has 3 aromatic heterocycles.